The summed E-state index contributed by atoms with van der Waals surface area (Å²) in [7, 11) is 3.36. The van der Waals surface area contributed by atoms with Crippen LogP contribution in [0.25, 0.3) is 0 Å². The van der Waals surface area contributed by atoms with E-state index < -0.39 is 6.10 Å². The van der Waals surface area contributed by atoms with Crippen LogP contribution in [0.3, 0.4) is 0 Å². The fourth-order valence-electron chi connectivity index (χ4n) is 3.54. The third kappa shape index (κ3) is 4.73. The summed E-state index contributed by atoms with van der Waals surface area (Å²) in [5, 5.41) is 10.8. The summed E-state index contributed by atoms with van der Waals surface area (Å²) in [6.45, 7) is 5.74. The fourth-order valence-corrected chi connectivity index (χ4v) is 3.54. The second kappa shape index (κ2) is 9.62. The third-order valence-corrected chi connectivity index (χ3v) is 5.23. The number of hydrogen-bond acceptors (Lipinski definition) is 5. The predicted molar refractivity (Wildman–Crippen MR) is 111 cm³/mol. The van der Waals surface area contributed by atoms with Gasteiger partial charge in [-0.2, -0.15) is 0 Å². The van der Waals surface area contributed by atoms with Crippen molar-refractivity contribution < 1.29 is 14.6 Å². The van der Waals surface area contributed by atoms with Crippen LogP contribution >= 0.6 is 0 Å². The predicted octanol–water partition coefficient (Wildman–Crippen LogP) is 3.58. The van der Waals surface area contributed by atoms with Gasteiger partial charge in [0.1, 0.15) is 11.5 Å². The molecule has 0 bridgehead atoms. The summed E-state index contributed by atoms with van der Waals surface area (Å²) >= 11 is 0. The van der Waals surface area contributed by atoms with E-state index in [1.54, 1.807) is 14.2 Å². The zero-order valence-corrected chi connectivity index (χ0v) is 15.8. The van der Waals surface area contributed by atoms with Crippen LogP contribution in [0.15, 0.2) is 48.5 Å². The van der Waals surface area contributed by atoms with Gasteiger partial charge in [-0.3, -0.25) is 4.90 Å². The van der Waals surface area contributed by atoms with E-state index in [0.29, 0.717) is 0 Å². The first-order chi connectivity index (χ1) is 12.6. The van der Waals surface area contributed by atoms with Crippen molar-refractivity contribution in [2.75, 3.05) is 45.3 Å². The average Bonchev–Trinajstić information content (AvgIpc) is 2.73. The molecule has 148 valence electrons. The summed E-state index contributed by atoms with van der Waals surface area (Å²) in [6.07, 6.45) is -0.515. The molecule has 1 fully saturated rings. The number of piperazine rings is 1. The smallest absolute Gasteiger partial charge is 0.142 e. The zero-order chi connectivity index (χ0) is 18.5. The molecule has 2 unspecified atom stereocenters. The van der Waals surface area contributed by atoms with E-state index in [1.807, 2.05) is 42.5 Å². The highest BCUT2D eigenvalue weighted by atomic mass is 16.5. The number of aliphatic hydroxyl groups is 1. The maximum Gasteiger partial charge on any atom is 0.142 e. The van der Waals surface area contributed by atoms with Gasteiger partial charge >= 0.3 is 0 Å². The van der Waals surface area contributed by atoms with Crippen LogP contribution in [0.5, 0.6) is 11.5 Å². The lowest BCUT2D eigenvalue weighted by molar-refractivity contribution is 0.0545. The molecule has 2 atom stereocenters. The third-order valence-electron chi connectivity index (χ3n) is 5.23. The van der Waals surface area contributed by atoms with Crippen molar-refractivity contribution in [2.24, 2.45) is 0 Å². The molecule has 1 saturated heterocycles. The second-order valence-electron chi connectivity index (χ2n) is 6.65. The highest BCUT2D eigenvalue weighted by molar-refractivity contribution is 5.58. The minimum absolute atomic E-state index is 0. The Balaban J connectivity index is 0.00000261. The molecular weight excluding hydrogens is 340 g/mol. The molecule has 3 rings (SSSR count). The van der Waals surface area contributed by atoms with Crippen LogP contribution in [0, 0.1) is 0 Å². The van der Waals surface area contributed by atoms with Crippen LogP contribution in [0.1, 0.15) is 26.0 Å². The molecule has 27 heavy (non-hydrogen) atoms. The molecule has 0 spiro atoms. The van der Waals surface area contributed by atoms with E-state index >= 15 is 0 Å². The Kier molecular flexibility index (Phi) is 7.51. The van der Waals surface area contributed by atoms with Crippen molar-refractivity contribution in [1.29, 1.82) is 0 Å². The number of para-hydroxylation sites is 2. The molecule has 5 heteroatoms. The van der Waals surface area contributed by atoms with Crippen molar-refractivity contribution in [2.45, 2.75) is 26.5 Å². The quantitative estimate of drug-likeness (QED) is 0.840. The van der Waals surface area contributed by atoms with Gasteiger partial charge in [-0.15, -0.1) is 0 Å². The van der Waals surface area contributed by atoms with E-state index in [0.717, 1.165) is 48.9 Å². The van der Waals surface area contributed by atoms with E-state index in [2.05, 4.69) is 22.8 Å². The largest absolute Gasteiger partial charge is 0.497 e. The van der Waals surface area contributed by atoms with Gasteiger partial charge in [-0.1, -0.05) is 31.7 Å². The summed E-state index contributed by atoms with van der Waals surface area (Å²) in [5.74, 6) is 1.71. The highest BCUT2D eigenvalue weighted by Gasteiger charge is 2.27. The molecule has 0 saturated carbocycles. The van der Waals surface area contributed by atoms with Gasteiger partial charge in [0.05, 0.1) is 26.0 Å². The van der Waals surface area contributed by atoms with Crippen molar-refractivity contribution >= 4 is 5.69 Å². The Labute approximate surface area is 163 Å². The van der Waals surface area contributed by atoms with Crippen LogP contribution in [-0.4, -0.2) is 56.4 Å². The molecule has 2 aromatic carbocycles. The van der Waals surface area contributed by atoms with Gasteiger partial charge in [-0.05, 0) is 36.8 Å². The molecule has 0 aliphatic carbocycles. The molecule has 5 nitrogen and oxygen atoms in total. The first kappa shape index (κ1) is 21.1. The van der Waals surface area contributed by atoms with Crippen LogP contribution in [0.2, 0.25) is 0 Å². The van der Waals surface area contributed by atoms with Crippen molar-refractivity contribution in [1.82, 2.24) is 4.90 Å². The van der Waals surface area contributed by atoms with Crippen molar-refractivity contribution in [3.63, 3.8) is 0 Å². The molecule has 1 aliphatic heterocycles. The maximum absolute atomic E-state index is 10.8. The number of anilines is 1. The lowest BCUT2D eigenvalue weighted by Crippen LogP contribution is -2.51. The van der Waals surface area contributed by atoms with Crippen molar-refractivity contribution in [3.05, 3.63) is 54.1 Å². The van der Waals surface area contributed by atoms with Gasteiger partial charge in [-0.25, -0.2) is 0 Å². The standard InChI is InChI=1S/C21H28N2O3.CH4/c1-16(21(24)17-8-10-18(25-2)11-9-17)22-12-14-23(15-13-22)19-6-4-5-7-20(19)26-3;/h4-11,16,21,24H,12-15H2,1-3H3;1H4. The Morgan fingerprint density at radius 2 is 1.52 bits per heavy atom. The van der Waals surface area contributed by atoms with Crippen LogP contribution < -0.4 is 14.4 Å². The van der Waals surface area contributed by atoms with Gasteiger partial charge in [0.2, 0.25) is 0 Å². The van der Waals surface area contributed by atoms with E-state index in [-0.39, 0.29) is 13.5 Å². The normalized spacial score (nSPS) is 17.0. The molecular formula is C22H32N2O3. The summed E-state index contributed by atoms with van der Waals surface area (Å²) < 4.78 is 10.7. The fraction of sp³-hybridized carbons (Fsp3) is 0.455. The minimum atomic E-state index is -0.515. The summed E-state index contributed by atoms with van der Waals surface area (Å²) in [6, 6.07) is 15.9. The molecule has 1 N–H and O–H groups in total. The lowest BCUT2D eigenvalue weighted by atomic mass is 10.0. The molecule has 0 amide bonds. The Bertz CT molecular complexity index is 697. The van der Waals surface area contributed by atoms with Gasteiger partial charge in [0.15, 0.2) is 0 Å². The van der Waals surface area contributed by atoms with Gasteiger partial charge in [0.25, 0.3) is 0 Å². The first-order valence-corrected chi connectivity index (χ1v) is 9.08. The Hall–Kier alpha value is -2.24. The Morgan fingerprint density at radius 3 is 2.11 bits per heavy atom. The number of aliphatic hydroxyl groups excluding tert-OH is 1. The number of hydrogen-bond donors (Lipinski definition) is 1. The number of nitrogens with zero attached hydrogens (tertiary/aromatic N) is 2. The highest BCUT2D eigenvalue weighted by Crippen LogP contribution is 2.30. The van der Waals surface area contributed by atoms with Crippen molar-refractivity contribution in [3.8, 4) is 11.5 Å². The molecule has 1 aliphatic rings. The first-order valence-electron chi connectivity index (χ1n) is 9.08. The topological polar surface area (TPSA) is 45.2 Å². The minimum Gasteiger partial charge on any atom is -0.497 e. The number of methoxy groups -OCH3 is 2. The van der Waals surface area contributed by atoms with E-state index in [4.69, 9.17) is 9.47 Å². The number of rotatable bonds is 6. The summed E-state index contributed by atoms with van der Waals surface area (Å²) in [4.78, 5) is 4.70. The molecule has 2 aromatic rings. The van der Waals surface area contributed by atoms with E-state index in [1.165, 1.54) is 0 Å². The average molecular weight is 373 g/mol. The second-order valence-corrected chi connectivity index (χ2v) is 6.65. The lowest BCUT2D eigenvalue weighted by Gasteiger charge is -2.40. The van der Waals surface area contributed by atoms with Crippen LogP contribution in [-0.2, 0) is 0 Å². The molecule has 0 radical (unpaired) electrons. The summed E-state index contributed by atoms with van der Waals surface area (Å²) in [5.41, 5.74) is 2.06. The Morgan fingerprint density at radius 1 is 0.889 bits per heavy atom. The SMILES string of the molecule is C.COc1ccc(C(O)C(C)N2CCN(c3ccccc3OC)CC2)cc1. The monoisotopic (exact) mass is 372 g/mol. The maximum atomic E-state index is 10.8. The van der Waals surface area contributed by atoms with Crippen LogP contribution in [0.4, 0.5) is 5.69 Å². The van der Waals surface area contributed by atoms with E-state index in [9.17, 15) is 5.11 Å². The zero-order valence-electron chi connectivity index (χ0n) is 15.8. The van der Waals surface area contributed by atoms with Gasteiger partial charge < -0.3 is 19.5 Å². The molecule has 1 heterocycles. The van der Waals surface area contributed by atoms with Gasteiger partial charge in [0, 0.05) is 32.2 Å². The molecule has 0 aromatic heterocycles. The number of ether oxygens (including phenoxy) is 2. The number of benzene rings is 2.